The Morgan fingerprint density at radius 3 is 2.81 bits per heavy atom. The molecule has 4 heterocycles. The molecule has 1 aromatic rings. The van der Waals surface area contributed by atoms with E-state index < -0.39 is 0 Å². The molecule has 0 aromatic carbocycles. The Morgan fingerprint density at radius 1 is 1.33 bits per heavy atom. The maximum atomic E-state index is 6.49. The van der Waals surface area contributed by atoms with E-state index in [2.05, 4.69) is 25.9 Å². The Hall–Kier alpha value is -1.94. The molecule has 0 amide bonds. The minimum absolute atomic E-state index is 0.257. The van der Waals surface area contributed by atoms with Crippen LogP contribution in [0.1, 0.15) is 18.4 Å². The first-order valence-corrected chi connectivity index (χ1v) is 9.77. The molecule has 0 bridgehead atoms. The van der Waals surface area contributed by atoms with Crippen molar-refractivity contribution in [2.24, 2.45) is 22.5 Å². The highest BCUT2D eigenvalue weighted by Gasteiger charge is 2.37. The highest BCUT2D eigenvalue weighted by Crippen LogP contribution is 2.39. The molecule has 8 nitrogen and oxygen atoms in total. The third-order valence-corrected chi connectivity index (χ3v) is 6.05. The number of hydrazine groups is 2. The number of aliphatic imine (C=N–C) groups is 1. The molecule has 4 rings (SSSR count). The molecule has 0 radical (unpaired) electrons. The van der Waals surface area contributed by atoms with Gasteiger partial charge in [-0.05, 0) is 34.8 Å². The minimum Gasteiger partial charge on any atom is -0.481 e. The van der Waals surface area contributed by atoms with Gasteiger partial charge in [0.2, 0.25) is 5.88 Å². The van der Waals surface area contributed by atoms with Gasteiger partial charge in [-0.25, -0.2) is 25.0 Å². The third-order valence-electron chi connectivity index (χ3n) is 5.24. The summed E-state index contributed by atoms with van der Waals surface area (Å²) in [5.74, 6) is 8.41. The first kappa shape index (κ1) is 18.4. The number of methoxy groups -OCH3 is 1. The summed E-state index contributed by atoms with van der Waals surface area (Å²) in [5.41, 5.74) is 9.57. The van der Waals surface area contributed by atoms with E-state index in [0.29, 0.717) is 18.2 Å². The van der Waals surface area contributed by atoms with Crippen molar-refractivity contribution in [1.82, 2.24) is 20.0 Å². The van der Waals surface area contributed by atoms with Crippen molar-refractivity contribution in [1.29, 1.82) is 0 Å². The van der Waals surface area contributed by atoms with E-state index in [4.69, 9.17) is 21.3 Å². The Labute approximate surface area is 167 Å². The fourth-order valence-corrected chi connectivity index (χ4v) is 4.44. The lowest BCUT2D eigenvalue weighted by Crippen LogP contribution is -2.45. The van der Waals surface area contributed by atoms with Crippen LogP contribution in [-0.4, -0.2) is 59.5 Å². The Kier molecular flexibility index (Phi) is 4.94. The number of rotatable bonds is 3. The number of nitrogens with zero attached hydrogens (tertiary/aromatic N) is 5. The molecule has 1 fully saturated rings. The monoisotopic (exact) mass is 433 g/mol. The molecular weight excluding hydrogens is 410 g/mol. The molecule has 27 heavy (non-hydrogen) atoms. The summed E-state index contributed by atoms with van der Waals surface area (Å²) in [6.45, 7) is 2.40. The first-order chi connectivity index (χ1) is 13.0. The molecule has 1 saturated heterocycles. The van der Waals surface area contributed by atoms with Crippen molar-refractivity contribution in [3.8, 4) is 5.88 Å². The van der Waals surface area contributed by atoms with Crippen molar-refractivity contribution in [3.05, 3.63) is 40.0 Å². The van der Waals surface area contributed by atoms with Crippen molar-refractivity contribution < 1.29 is 4.74 Å². The number of pyridine rings is 1. The second-order valence-corrected chi connectivity index (χ2v) is 7.84. The SMILES string of the molecule is COc1ccc(C2=C3N=C(C4CCCN(N)C4)C(Br)=C(N)N3N(C)C2)cn1. The highest BCUT2D eigenvalue weighted by molar-refractivity contribution is 9.12. The van der Waals surface area contributed by atoms with Crippen molar-refractivity contribution in [2.75, 3.05) is 33.8 Å². The Bertz CT molecular complexity index is 833. The van der Waals surface area contributed by atoms with Crippen LogP contribution in [0.25, 0.3) is 5.57 Å². The van der Waals surface area contributed by atoms with E-state index in [-0.39, 0.29) is 5.92 Å². The quantitative estimate of drug-likeness (QED) is 0.696. The van der Waals surface area contributed by atoms with Gasteiger partial charge in [-0.15, -0.1) is 0 Å². The molecule has 1 atom stereocenters. The predicted octanol–water partition coefficient (Wildman–Crippen LogP) is 1.48. The maximum absolute atomic E-state index is 6.49. The van der Waals surface area contributed by atoms with Gasteiger partial charge in [0.15, 0.2) is 5.82 Å². The molecule has 3 aliphatic heterocycles. The maximum Gasteiger partial charge on any atom is 0.212 e. The number of halogens is 1. The normalized spacial score (nSPS) is 24.4. The van der Waals surface area contributed by atoms with Crippen LogP contribution in [0.3, 0.4) is 0 Å². The van der Waals surface area contributed by atoms with E-state index >= 15 is 0 Å². The summed E-state index contributed by atoms with van der Waals surface area (Å²) in [4.78, 5) is 9.38. The van der Waals surface area contributed by atoms with E-state index in [9.17, 15) is 0 Å². The average molecular weight is 434 g/mol. The summed E-state index contributed by atoms with van der Waals surface area (Å²) >= 11 is 3.68. The lowest BCUT2D eigenvalue weighted by Gasteiger charge is -2.35. The minimum atomic E-state index is 0.257. The number of hydrogen-bond donors (Lipinski definition) is 2. The molecule has 3 aliphatic rings. The van der Waals surface area contributed by atoms with E-state index in [1.165, 1.54) is 0 Å². The second kappa shape index (κ2) is 7.23. The second-order valence-electron chi connectivity index (χ2n) is 7.05. The number of nitrogens with two attached hydrogens (primary N) is 2. The number of aromatic nitrogens is 1. The number of piperidine rings is 1. The van der Waals surface area contributed by atoms with E-state index in [1.54, 1.807) is 7.11 Å². The molecule has 144 valence electrons. The molecule has 1 aromatic heterocycles. The highest BCUT2D eigenvalue weighted by atomic mass is 79.9. The fraction of sp³-hybridized carbons (Fsp3) is 0.444. The smallest absolute Gasteiger partial charge is 0.212 e. The van der Waals surface area contributed by atoms with Crippen LogP contribution < -0.4 is 16.3 Å². The first-order valence-electron chi connectivity index (χ1n) is 8.98. The van der Waals surface area contributed by atoms with Gasteiger partial charge in [0, 0.05) is 56.0 Å². The molecule has 0 saturated carbocycles. The summed E-state index contributed by atoms with van der Waals surface area (Å²) in [5, 5.41) is 5.88. The molecule has 0 aliphatic carbocycles. The zero-order chi connectivity index (χ0) is 19.1. The number of ether oxygens (including phenoxy) is 1. The van der Waals surface area contributed by atoms with Gasteiger partial charge in [-0.2, -0.15) is 0 Å². The van der Waals surface area contributed by atoms with Gasteiger partial charge in [0.25, 0.3) is 0 Å². The predicted molar refractivity (Wildman–Crippen MR) is 108 cm³/mol. The third kappa shape index (κ3) is 3.25. The van der Waals surface area contributed by atoms with Crippen LogP contribution in [0.2, 0.25) is 0 Å². The van der Waals surface area contributed by atoms with Crippen LogP contribution >= 0.6 is 15.9 Å². The number of allylic oxidation sites excluding steroid dienone is 1. The topological polar surface area (TPSA) is 96.2 Å². The van der Waals surface area contributed by atoms with Crippen LogP contribution in [-0.2, 0) is 0 Å². The Morgan fingerprint density at radius 2 is 2.15 bits per heavy atom. The zero-order valence-corrected chi connectivity index (χ0v) is 17.1. The summed E-state index contributed by atoms with van der Waals surface area (Å²) < 4.78 is 6.03. The standard InChI is InChI=1S/C18H24BrN7O/c1-24-10-13(11-5-6-14(27-2)22-8-11)18-23-16(15(19)17(20)26(18)24)12-4-3-7-25(21)9-12/h5-6,8,12H,3-4,7,9-10,20-21H2,1-2H3. The number of fused-ring (bicyclic) bond motifs is 1. The van der Waals surface area contributed by atoms with Gasteiger partial charge in [-0.1, -0.05) is 0 Å². The van der Waals surface area contributed by atoms with E-state index in [0.717, 1.165) is 53.1 Å². The average Bonchev–Trinajstić information content (AvgIpc) is 3.01. The van der Waals surface area contributed by atoms with Gasteiger partial charge >= 0.3 is 0 Å². The van der Waals surface area contributed by atoms with Gasteiger partial charge in [0.05, 0.1) is 17.3 Å². The van der Waals surface area contributed by atoms with Gasteiger partial charge in [0.1, 0.15) is 5.82 Å². The van der Waals surface area contributed by atoms with Crippen LogP contribution in [0.5, 0.6) is 5.88 Å². The molecule has 0 spiro atoms. The van der Waals surface area contributed by atoms with Crippen LogP contribution in [0.15, 0.2) is 39.4 Å². The van der Waals surface area contributed by atoms with Crippen molar-refractivity contribution in [2.45, 2.75) is 12.8 Å². The summed E-state index contributed by atoms with van der Waals surface area (Å²) in [6, 6.07) is 3.87. The summed E-state index contributed by atoms with van der Waals surface area (Å²) in [6.07, 6.45) is 3.93. The lowest BCUT2D eigenvalue weighted by molar-refractivity contribution is 0.107. The van der Waals surface area contributed by atoms with E-state index in [1.807, 2.05) is 35.4 Å². The molecule has 9 heteroatoms. The summed E-state index contributed by atoms with van der Waals surface area (Å²) in [7, 11) is 3.61. The molecular formula is C18H24BrN7O. The number of hydrogen-bond acceptors (Lipinski definition) is 8. The zero-order valence-electron chi connectivity index (χ0n) is 15.5. The van der Waals surface area contributed by atoms with Gasteiger partial charge < -0.3 is 10.5 Å². The Balaban J connectivity index is 1.77. The van der Waals surface area contributed by atoms with Crippen LogP contribution in [0.4, 0.5) is 0 Å². The molecule has 4 N–H and O–H groups in total. The van der Waals surface area contributed by atoms with Crippen LogP contribution in [0, 0.1) is 5.92 Å². The largest absolute Gasteiger partial charge is 0.481 e. The fourth-order valence-electron chi connectivity index (χ4n) is 3.86. The molecule has 1 unspecified atom stereocenters. The van der Waals surface area contributed by atoms with Crippen molar-refractivity contribution in [3.63, 3.8) is 0 Å². The lowest BCUT2D eigenvalue weighted by atomic mass is 9.93. The number of likely N-dealkylation sites (N-methyl/N-ethyl adjacent to an activating group) is 1. The van der Waals surface area contributed by atoms with Crippen molar-refractivity contribution >= 4 is 27.2 Å². The van der Waals surface area contributed by atoms with Gasteiger partial charge in [-0.3, -0.25) is 5.84 Å².